The number of methoxy groups -OCH3 is 1. The largest absolute Gasteiger partial charge is 0.495 e. The monoisotopic (exact) mass is 316 g/mol. The summed E-state index contributed by atoms with van der Waals surface area (Å²) < 4.78 is 5.23. The van der Waals surface area contributed by atoms with Crippen molar-refractivity contribution in [3.8, 4) is 5.75 Å². The topological polar surface area (TPSA) is 32.8 Å². The lowest BCUT2D eigenvalue weighted by Crippen LogP contribution is -2.48. The number of rotatable bonds is 3. The van der Waals surface area contributed by atoms with Gasteiger partial charge in [0, 0.05) is 44.4 Å². The van der Waals surface area contributed by atoms with Gasteiger partial charge in [-0.25, -0.2) is 0 Å². The van der Waals surface area contributed by atoms with Crippen LogP contribution >= 0.6 is 23.2 Å². The molecule has 1 fully saturated rings. The third-order valence-electron chi connectivity index (χ3n) is 3.50. The van der Waals surface area contributed by atoms with Crippen molar-refractivity contribution in [2.45, 2.75) is 13.3 Å². The van der Waals surface area contributed by atoms with E-state index in [4.69, 9.17) is 27.9 Å². The number of nitrogens with zero attached hydrogens (tertiary/aromatic N) is 2. The smallest absolute Gasteiger partial charge is 0.222 e. The third-order valence-corrected chi connectivity index (χ3v) is 4.28. The van der Waals surface area contributed by atoms with Gasteiger partial charge in [0.25, 0.3) is 0 Å². The average Bonchev–Trinajstić information content (AvgIpc) is 2.49. The van der Waals surface area contributed by atoms with Crippen molar-refractivity contribution in [1.82, 2.24) is 4.90 Å². The summed E-state index contributed by atoms with van der Waals surface area (Å²) in [5.74, 6) is 0.776. The van der Waals surface area contributed by atoms with Gasteiger partial charge in [0.05, 0.1) is 12.1 Å². The van der Waals surface area contributed by atoms with Crippen LogP contribution in [0.5, 0.6) is 5.75 Å². The summed E-state index contributed by atoms with van der Waals surface area (Å²) in [6.45, 7) is 4.92. The van der Waals surface area contributed by atoms with Gasteiger partial charge >= 0.3 is 0 Å². The van der Waals surface area contributed by atoms with Gasteiger partial charge in [0.2, 0.25) is 5.91 Å². The molecule has 0 N–H and O–H groups in total. The van der Waals surface area contributed by atoms with Gasteiger partial charge in [-0.05, 0) is 6.07 Å². The first-order chi connectivity index (χ1) is 9.56. The Hall–Kier alpha value is -1.13. The molecule has 1 heterocycles. The van der Waals surface area contributed by atoms with Crippen molar-refractivity contribution in [1.29, 1.82) is 0 Å². The van der Waals surface area contributed by atoms with Crippen LogP contribution in [0.2, 0.25) is 10.0 Å². The first-order valence-corrected chi connectivity index (χ1v) is 7.38. The minimum atomic E-state index is 0.205. The quantitative estimate of drug-likeness (QED) is 0.859. The molecule has 1 aromatic carbocycles. The van der Waals surface area contributed by atoms with Gasteiger partial charge in [-0.3, -0.25) is 4.79 Å². The predicted octanol–water partition coefficient (Wildman–Crippen LogP) is 3.06. The minimum Gasteiger partial charge on any atom is -0.495 e. The van der Waals surface area contributed by atoms with Crippen LogP contribution in [0.1, 0.15) is 13.3 Å². The van der Waals surface area contributed by atoms with E-state index in [0.717, 1.165) is 31.9 Å². The molecular weight excluding hydrogens is 299 g/mol. The van der Waals surface area contributed by atoms with Crippen molar-refractivity contribution in [3.63, 3.8) is 0 Å². The SMILES string of the molecule is CCC(=O)N1CCN(c2cc(Cl)c(Cl)c(OC)c2)CC1. The molecule has 20 heavy (non-hydrogen) atoms. The highest BCUT2D eigenvalue weighted by Gasteiger charge is 2.21. The molecule has 0 aromatic heterocycles. The number of carbonyl (C=O) groups is 1. The summed E-state index contributed by atoms with van der Waals surface area (Å²) in [4.78, 5) is 15.7. The number of halogens is 2. The lowest BCUT2D eigenvalue weighted by atomic mass is 10.2. The second-order valence-electron chi connectivity index (χ2n) is 4.67. The number of hydrogen-bond acceptors (Lipinski definition) is 3. The van der Waals surface area contributed by atoms with Crippen molar-refractivity contribution < 1.29 is 9.53 Å². The van der Waals surface area contributed by atoms with Gasteiger partial charge in [0.15, 0.2) is 0 Å². The van der Waals surface area contributed by atoms with Crippen LogP contribution in [0.15, 0.2) is 12.1 Å². The molecule has 0 bridgehead atoms. The molecule has 0 saturated carbocycles. The molecule has 1 aromatic rings. The van der Waals surface area contributed by atoms with E-state index in [1.165, 1.54) is 0 Å². The van der Waals surface area contributed by atoms with Crippen molar-refractivity contribution in [2.24, 2.45) is 0 Å². The molecule has 0 spiro atoms. The zero-order valence-electron chi connectivity index (χ0n) is 11.7. The van der Waals surface area contributed by atoms with E-state index in [-0.39, 0.29) is 5.91 Å². The number of hydrogen-bond donors (Lipinski definition) is 0. The van der Waals surface area contributed by atoms with E-state index in [9.17, 15) is 4.79 Å². The Morgan fingerprint density at radius 2 is 1.90 bits per heavy atom. The van der Waals surface area contributed by atoms with Gasteiger partial charge in [-0.2, -0.15) is 0 Å². The van der Waals surface area contributed by atoms with E-state index in [0.29, 0.717) is 22.2 Å². The van der Waals surface area contributed by atoms with E-state index < -0.39 is 0 Å². The van der Waals surface area contributed by atoms with Crippen LogP contribution in [0.25, 0.3) is 0 Å². The number of anilines is 1. The molecule has 1 amide bonds. The molecular formula is C14H18Cl2N2O2. The number of ether oxygens (including phenoxy) is 1. The second-order valence-corrected chi connectivity index (χ2v) is 5.45. The van der Waals surface area contributed by atoms with Crippen LogP contribution in [0, 0.1) is 0 Å². The first kappa shape index (κ1) is 15.3. The van der Waals surface area contributed by atoms with Crippen molar-refractivity contribution in [2.75, 3.05) is 38.2 Å². The van der Waals surface area contributed by atoms with Crippen LogP contribution in [0.3, 0.4) is 0 Å². The Balaban J connectivity index is 2.11. The molecule has 1 aliphatic heterocycles. The summed E-state index contributed by atoms with van der Waals surface area (Å²) >= 11 is 12.2. The molecule has 1 saturated heterocycles. The Morgan fingerprint density at radius 1 is 1.25 bits per heavy atom. The lowest BCUT2D eigenvalue weighted by molar-refractivity contribution is -0.131. The van der Waals surface area contributed by atoms with E-state index >= 15 is 0 Å². The fraction of sp³-hybridized carbons (Fsp3) is 0.500. The maximum atomic E-state index is 11.7. The summed E-state index contributed by atoms with van der Waals surface area (Å²) in [5.41, 5.74) is 0.972. The Kier molecular flexibility index (Phi) is 5.00. The number of amides is 1. The fourth-order valence-corrected chi connectivity index (χ4v) is 2.71. The Bertz CT molecular complexity index is 500. The maximum absolute atomic E-state index is 11.7. The fourth-order valence-electron chi connectivity index (χ4n) is 2.32. The van der Waals surface area contributed by atoms with Crippen LogP contribution in [-0.4, -0.2) is 44.1 Å². The normalized spacial score (nSPS) is 15.4. The highest BCUT2D eigenvalue weighted by molar-refractivity contribution is 6.43. The molecule has 0 atom stereocenters. The Labute approximate surface area is 129 Å². The summed E-state index contributed by atoms with van der Waals surface area (Å²) in [7, 11) is 1.57. The zero-order chi connectivity index (χ0) is 14.7. The molecule has 6 heteroatoms. The predicted molar refractivity (Wildman–Crippen MR) is 82.1 cm³/mol. The van der Waals surface area contributed by atoms with Crippen LogP contribution < -0.4 is 9.64 Å². The standard InChI is InChI=1S/C14H18Cl2N2O2/c1-3-13(19)18-6-4-17(5-7-18)10-8-11(15)14(16)12(9-10)20-2/h8-9H,3-7H2,1-2H3. The number of benzene rings is 1. The van der Waals surface area contributed by atoms with Crippen LogP contribution in [0.4, 0.5) is 5.69 Å². The molecule has 0 radical (unpaired) electrons. The Morgan fingerprint density at radius 3 is 2.45 bits per heavy atom. The molecule has 110 valence electrons. The summed E-state index contributed by atoms with van der Waals surface area (Å²) in [6.07, 6.45) is 0.556. The number of piperazine rings is 1. The van der Waals surface area contributed by atoms with E-state index in [2.05, 4.69) is 4.90 Å². The summed E-state index contributed by atoms with van der Waals surface area (Å²) in [6, 6.07) is 3.72. The van der Waals surface area contributed by atoms with Gasteiger partial charge in [0.1, 0.15) is 10.8 Å². The van der Waals surface area contributed by atoms with Gasteiger partial charge in [-0.1, -0.05) is 30.1 Å². The zero-order valence-corrected chi connectivity index (χ0v) is 13.2. The lowest BCUT2D eigenvalue weighted by Gasteiger charge is -2.36. The molecule has 2 rings (SSSR count). The maximum Gasteiger partial charge on any atom is 0.222 e. The number of carbonyl (C=O) groups excluding carboxylic acids is 1. The third kappa shape index (κ3) is 3.13. The van der Waals surface area contributed by atoms with Crippen LogP contribution in [-0.2, 0) is 4.79 Å². The highest BCUT2D eigenvalue weighted by Crippen LogP contribution is 2.36. The van der Waals surface area contributed by atoms with Gasteiger partial charge < -0.3 is 14.5 Å². The average molecular weight is 317 g/mol. The highest BCUT2D eigenvalue weighted by atomic mass is 35.5. The molecule has 1 aliphatic rings. The van der Waals surface area contributed by atoms with Gasteiger partial charge in [-0.15, -0.1) is 0 Å². The van der Waals surface area contributed by atoms with E-state index in [1.807, 2.05) is 24.0 Å². The summed E-state index contributed by atoms with van der Waals surface area (Å²) in [5, 5.41) is 0.908. The first-order valence-electron chi connectivity index (χ1n) is 6.62. The molecule has 4 nitrogen and oxygen atoms in total. The van der Waals surface area contributed by atoms with Crippen molar-refractivity contribution >= 4 is 34.8 Å². The van der Waals surface area contributed by atoms with E-state index in [1.54, 1.807) is 7.11 Å². The molecule has 0 aliphatic carbocycles. The second kappa shape index (κ2) is 6.55. The minimum absolute atomic E-state index is 0.205. The van der Waals surface area contributed by atoms with Crippen molar-refractivity contribution in [3.05, 3.63) is 22.2 Å². The molecule has 0 unspecified atom stereocenters.